The van der Waals surface area contributed by atoms with E-state index in [1.807, 2.05) is 30.3 Å². The summed E-state index contributed by atoms with van der Waals surface area (Å²) in [5, 5.41) is 25.5. The molecular formula is C8H14N2O4. The van der Waals surface area contributed by atoms with Crippen LogP contribution in [0.15, 0.2) is 18.7 Å². The van der Waals surface area contributed by atoms with E-state index in [4.69, 9.17) is 20.1 Å². The van der Waals surface area contributed by atoms with E-state index >= 15 is 0 Å². The van der Waals surface area contributed by atoms with Crippen molar-refractivity contribution in [3.05, 3.63) is 18.7 Å². The molecule has 1 aromatic rings. The van der Waals surface area contributed by atoms with Crippen LogP contribution in [-0.4, -0.2) is 27.4 Å². The van der Waals surface area contributed by atoms with E-state index in [0.29, 0.717) is 0 Å². The van der Waals surface area contributed by atoms with E-state index < -0.39 is 18.8 Å². The smallest absolute Gasteiger partial charge is 0.245 e. The van der Waals surface area contributed by atoms with Gasteiger partial charge in [0.25, 0.3) is 0 Å². The number of carbonyl (C=O) groups excluding carboxylic acids is 1. The number of carbonyl (C=O) groups is 1. The molecule has 2 N–H and O–H groups in total. The number of aryl methyl sites for hydroxylation is 1. The van der Waals surface area contributed by atoms with Crippen molar-refractivity contribution >= 4 is 5.97 Å². The zero-order valence-corrected chi connectivity index (χ0v) is 8.12. The highest BCUT2D eigenvalue weighted by Crippen LogP contribution is 1.85. The molecule has 1 aromatic heterocycles. The third-order valence-electron chi connectivity index (χ3n) is 1.35. The molecule has 0 aliphatic heterocycles. The second-order valence-corrected chi connectivity index (χ2v) is 2.69. The first-order valence-corrected chi connectivity index (χ1v) is 3.99. The minimum absolute atomic E-state index is 0.425. The van der Waals surface area contributed by atoms with Gasteiger partial charge in [-0.3, -0.25) is 0 Å². The van der Waals surface area contributed by atoms with Crippen LogP contribution in [0.25, 0.3) is 0 Å². The standard InChI is InChI=1S/C6H11N2O.C2H4O3/c1-6(9)8-4-3-7(2)5-8;3-1-2(4)5/h3-6,9H,1-2H3;3H,1H2,(H,4,5)/q+1;/p-1. The summed E-state index contributed by atoms with van der Waals surface area (Å²) >= 11 is 0. The highest BCUT2D eigenvalue weighted by Gasteiger charge is 2.03. The summed E-state index contributed by atoms with van der Waals surface area (Å²) in [6, 6.07) is 0. The van der Waals surface area contributed by atoms with Gasteiger partial charge in [-0.2, -0.15) is 0 Å². The lowest BCUT2D eigenvalue weighted by molar-refractivity contribution is -0.755. The molecule has 0 saturated heterocycles. The number of nitrogens with zero attached hydrogens (tertiary/aromatic N) is 2. The van der Waals surface area contributed by atoms with Gasteiger partial charge in [-0.1, -0.05) is 0 Å². The highest BCUT2D eigenvalue weighted by molar-refractivity contribution is 5.65. The number of aliphatic hydroxyl groups is 2. The molecule has 0 aliphatic rings. The monoisotopic (exact) mass is 202 g/mol. The van der Waals surface area contributed by atoms with Gasteiger partial charge in [0.05, 0.1) is 19.6 Å². The van der Waals surface area contributed by atoms with Gasteiger partial charge in [-0.15, -0.1) is 0 Å². The number of hydrogen-bond donors (Lipinski definition) is 2. The van der Waals surface area contributed by atoms with Crippen LogP contribution in [0.2, 0.25) is 0 Å². The van der Waals surface area contributed by atoms with Gasteiger partial charge in [0, 0.05) is 6.92 Å². The van der Waals surface area contributed by atoms with Gasteiger partial charge in [-0.05, 0) is 0 Å². The highest BCUT2D eigenvalue weighted by atomic mass is 16.4. The molecule has 80 valence electrons. The molecule has 0 fully saturated rings. The summed E-state index contributed by atoms with van der Waals surface area (Å²) < 4.78 is 3.60. The van der Waals surface area contributed by atoms with Gasteiger partial charge < -0.3 is 20.1 Å². The number of aliphatic hydroxyl groups excluding tert-OH is 2. The summed E-state index contributed by atoms with van der Waals surface area (Å²) in [5.74, 6) is -1.44. The first-order chi connectivity index (χ1) is 6.47. The number of rotatable bonds is 2. The molecule has 0 saturated carbocycles. The molecule has 0 radical (unpaired) electrons. The summed E-state index contributed by atoms with van der Waals surface area (Å²) in [4.78, 5) is 9.01. The Morgan fingerprint density at radius 3 is 2.36 bits per heavy atom. The van der Waals surface area contributed by atoms with Crippen LogP contribution in [-0.2, 0) is 11.8 Å². The van der Waals surface area contributed by atoms with Crippen molar-refractivity contribution < 1.29 is 24.7 Å². The lowest BCUT2D eigenvalue weighted by Crippen LogP contribution is -2.34. The summed E-state index contributed by atoms with van der Waals surface area (Å²) in [6.07, 6.45) is 5.10. The molecular weight excluding hydrogens is 188 g/mol. The maximum Gasteiger partial charge on any atom is 0.245 e. The van der Waals surface area contributed by atoms with Gasteiger partial charge in [-0.25, -0.2) is 9.13 Å². The van der Waals surface area contributed by atoms with Crippen molar-refractivity contribution in [2.24, 2.45) is 7.05 Å². The van der Waals surface area contributed by atoms with Crippen LogP contribution in [0.5, 0.6) is 0 Å². The SMILES string of the molecule is CC(O)[n+]1ccn(C)c1.O=C([O-])CO. The van der Waals surface area contributed by atoms with Gasteiger partial charge in [0.2, 0.25) is 6.33 Å². The zero-order valence-electron chi connectivity index (χ0n) is 8.12. The number of carboxylic acids is 1. The van der Waals surface area contributed by atoms with Gasteiger partial charge >= 0.3 is 0 Å². The average molecular weight is 202 g/mol. The van der Waals surface area contributed by atoms with Crippen molar-refractivity contribution in [2.45, 2.75) is 13.2 Å². The average Bonchev–Trinajstić information content (AvgIpc) is 2.53. The third kappa shape index (κ3) is 5.28. The van der Waals surface area contributed by atoms with E-state index in [0.717, 1.165) is 0 Å². The second-order valence-electron chi connectivity index (χ2n) is 2.69. The van der Waals surface area contributed by atoms with Crippen LogP contribution >= 0.6 is 0 Å². The van der Waals surface area contributed by atoms with Crippen molar-refractivity contribution in [2.75, 3.05) is 6.61 Å². The number of hydrogen-bond acceptors (Lipinski definition) is 4. The van der Waals surface area contributed by atoms with Crippen molar-refractivity contribution in [1.82, 2.24) is 4.57 Å². The molecule has 1 atom stereocenters. The third-order valence-corrected chi connectivity index (χ3v) is 1.35. The molecule has 6 heteroatoms. The second kappa shape index (κ2) is 6.11. The van der Waals surface area contributed by atoms with Gasteiger partial charge in [0.15, 0.2) is 6.23 Å². The quantitative estimate of drug-likeness (QED) is 0.521. The van der Waals surface area contributed by atoms with E-state index in [1.165, 1.54) is 0 Å². The van der Waals surface area contributed by atoms with Crippen molar-refractivity contribution in [3.8, 4) is 0 Å². The molecule has 14 heavy (non-hydrogen) atoms. The molecule has 1 unspecified atom stereocenters. The first kappa shape index (κ1) is 12.6. The van der Waals surface area contributed by atoms with E-state index in [-0.39, 0.29) is 0 Å². The molecule has 0 aliphatic carbocycles. The van der Waals surface area contributed by atoms with Crippen LogP contribution in [0, 0.1) is 0 Å². The molecule has 0 amide bonds. The lowest BCUT2D eigenvalue weighted by Gasteiger charge is -1.94. The van der Waals surface area contributed by atoms with Crippen molar-refractivity contribution in [3.63, 3.8) is 0 Å². The molecule has 6 nitrogen and oxygen atoms in total. The van der Waals surface area contributed by atoms with Crippen LogP contribution in [0.3, 0.4) is 0 Å². The molecule has 1 rings (SSSR count). The van der Waals surface area contributed by atoms with Crippen LogP contribution < -0.4 is 9.67 Å². The Balaban J connectivity index is 0.000000292. The maximum atomic E-state index is 9.01. The van der Waals surface area contributed by atoms with Crippen LogP contribution in [0.1, 0.15) is 13.2 Å². The Hall–Kier alpha value is -1.40. The molecule has 1 heterocycles. The Kier molecular flexibility index (Phi) is 5.50. The Labute approximate surface area is 81.7 Å². The lowest BCUT2D eigenvalue weighted by atomic mass is 10.6. The Morgan fingerprint density at radius 2 is 2.21 bits per heavy atom. The predicted molar refractivity (Wildman–Crippen MR) is 44.6 cm³/mol. The first-order valence-electron chi connectivity index (χ1n) is 3.99. The minimum atomic E-state index is -1.44. The molecule has 0 spiro atoms. The number of aromatic nitrogens is 2. The minimum Gasteiger partial charge on any atom is -0.548 e. The number of imidazole rings is 1. The topological polar surface area (TPSA) is 89.4 Å². The number of aliphatic carboxylic acids is 1. The van der Waals surface area contributed by atoms with Crippen LogP contribution in [0.4, 0.5) is 0 Å². The number of carboxylic acid groups (broad SMARTS) is 1. The zero-order chi connectivity index (χ0) is 11.1. The largest absolute Gasteiger partial charge is 0.548 e. The fraction of sp³-hybridized carbons (Fsp3) is 0.500. The Bertz CT molecular complexity index is 283. The fourth-order valence-electron chi connectivity index (χ4n) is 0.690. The predicted octanol–water partition coefficient (Wildman–Crippen LogP) is -2.45. The fourth-order valence-corrected chi connectivity index (χ4v) is 0.690. The van der Waals surface area contributed by atoms with E-state index in [2.05, 4.69) is 0 Å². The molecule has 0 aromatic carbocycles. The summed E-state index contributed by atoms with van der Waals surface area (Å²) in [5.41, 5.74) is 0. The maximum absolute atomic E-state index is 9.01. The summed E-state index contributed by atoms with van der Waals surface area (Å²) in [7, 11) is 1.92. The van der Waals surface area contributed by atoms with Gasteiger partial charge in [0.1, 0.15) is 12.4 Å². The van der Waals surface area contributed by atoms with E-state index in [1.54, 1.807) is 11.5 Å². The Morgan fingerprint density at radius 1 is 1.71 bits per heavy atom. The van der Waals surface area contributed by atoms with E-state index in [9.17, 15) is 0 Å². The molecule has 0 bridgehead atoms. The van der Waals surface area contributed by atoms with Crippen molar-refractivity contribution in [1.29, 1.82) is 0 Å². The summed E-state index contributed by atoms with van der Waals surface area (Å²) in [6.45, 7) is 0.833. The normalized spacial score (nSPS) is 11.4.